The Morgan fingerprint density at radius 3 is 2.26 bits per heavy atom. The van der Waals surface area contributed by atoms with E-state index in [0.29, 0.717) is 6.61 Å². The topological polar surface area (TPSA) is 18.5 Å². The molecule has 2 aromatic carbocycles. The molecule has 0 aromatic heterocycles. The van der Waals surface area contributed by atoms with Crippen LogP contribution in [0, 0.1) is 0 Å². The maximum atomic E-state index is 5.58. The molecule has 0 saturated carbocycles. The zero-order valence-electron chi connectivity index (χ0n) is 11.6. The summed E-state index contributed by atoms with van der Waals surface area (Å²) in [6.45, 7) is 5.55. The van der Waals surface area contributed by atoms with E-state index in [9.17, 15) is 0 Å². The van der Waals surface area contributed by atoms with Crippen LogP contribution in [-0.4, -0.2) is 13.2 Å². The molecule has 0 atom stereocenters. The van der Waals surface area contributed by atoms with E-state index in [-0.39, 0.29) is 0 Å². The van der Waals surface area contributed by atoms with Crippen molar-refractivity contribution in [3.05, 3.63) is 48.5 Å². The van der Waals surface area contributed by atoms with E-state index in [2.05, 4.69) is 31.2 Å². The van der Waals surface area contributed by atoms with E-state index in [1.54, 1.807) is 0 Å². The van der Waals surface area contributed by atoms with E-state index in [0.717, 1.165) is 30.1 Å². The summed E-state index contributed by atoms with van der Waals surface area (Å²) >= 11 is 0. The molecular formula is C17H20O2. The predicted molar refractivity (Wildman–Crippen MR) is 78.8 cm³/mol. The Kier molecular flexibility index (Phi) is 4.85. The zero-order valence-corrected chi connectivity index (χ0v) is 11.6. The number of hydrogen-bond acceptors (Lipinski definition) is 2. The first-order valence-corrected chi connectivity index (χ1v) is 6.79. The highest BCUT2D eigenvalue weighted by Gasteiger charge is 2.00. The lowest BCUT2D eigenvalue weighted by Gasteiger charge is -2.08. The second kappa shape index (κ2) is 6.83. The molecule has 0 saturated heterocycles. The van der Waals surface area contributed by atoms with Gasteiger partial charge in [0.1, 0.15) is 11.5 Å². The quantitative estimate of drug-likeness (QED) is 0.755. The Morgan fingerprint density at radius 1 is 0.789 bits per heavy atom. The Hall–Kier alpha value is -1.96. The van der Waals surface area contributed by atoms with Gasteiger partial charge in [-0.15, -0.1) is 0 Å². The Morgan fingerprint density at radius 2 is 1.58 bits per heavy atom. The minimum absolute atomic E-state index is 0.688. The smallest absolute Gasteiger partial charge is 0.119 e. The minimum atomic E-state index is 0.688. The Labute approximate surface area is 115 Å². The lowest BCUT2D eigenvalue weighted by atomic mass is 10.1. The molecule has 2 nitrogen and oxygen atoms in total. The van der Waals surface area contributed by atoms with Crippen molar-refractivity contribution in [2.24, 2.45) is 0 Å². The minimum Gasteiger partial charge on any atom is -0.494 e. The molecule has 2 aromatic rings. The fourth-order valence-corrected chi connectivity index (χ4v) is 1.90. The molecule has 2 heteroatoms. The molecule has 2 rings (SSSR count). The summed E-state index contributed by atoms with van der Waals surface area (Å²) in [5, 5.41) is 0. The first-order chi connectivity index (χ1) is 9.33. The van der Waals surface area contributed by atoms with Crippen molar-refractivity contribution in [1.29, 1.82) is 0 Å². The molecule has 0 unspecified atom stereocenters. The largest absolute Gasteiger partial charge is 0.494 e. The molecule has 0 radical (unpaired) electrons. The highest BCUT2D eigenvalue weighted by Crippen LogP contribution is 2.25. The van der Waals surface area contributed by atoms with Crippen LogP contribution in [0.1, 0.15) is 20.3 Å². The van der Waals surface area contributed by atoms with E-state index >= 15 is 0 Å². The number of ether oxygens (including phenoxy) is 2. The summed E-state index contributed by atoms with van der Waals surface area (Å²) in [7, 11) is 0. The van der Waals surface area contributed by atoms with Gasteiger partial charge in [-0.2, -0.15) is 0 Å². The van der Waals surface area contributed by atoms with Gasteiger partial charge in [0.2, 0.25) is 0 Å². The number of rotatable bonds is 6. The average Bonchev–Trinajstić information content (AvgIpc) is 2.46. The number of benzene rings is 2. The zero-order chi connectivity index (χ0) is 13.5. The first-order valence-electron chi connectivity index (χ1n) is 6.79. The lowest BCUT2D eigenvalue weighted by Crippen LogP contribution is -1.94. The monoisotopic (exact) mass is 256 g/mol. The van der Waals surface area contributed by atoms with Gasteiger partial charge in [0.15, 0.2) is 0 Å². The third-order valence-electron chi connectivity index (χ3n) is 2.81. The van der Waals surface area contributed by atoms with Crippen molar-refractivity contribution >= 4 is 0 Å². The van der Waals surface area contributed by atoms with Crippen LogP contribution in [0.3, 0.4) is 0 Å². The van der Waals surface area contributed by atoms with E-state index < -0.39 is 0 Å². The molecule has 0 fully saturated rings. The molecule has 0 aliphatic carbocycles. The van der Waals surface area contributed by atoms with Crippen molar-refractivity contribution in [1.82, 2.24) is 0 Å². The van der Waals surface area contributed by atoms with Crippen molar-refractivity contribution in [3.8, 4) is 22.6 Å². The molecule has 0 N–H and O–H groups in total. The van der Waals surface area contributed by atoms with Gasteiger partial charge >= 0.3 is 0 Å². The van der Waals surface area contributed by atoms with Gasteiger partial charge in [-0.05, 0) is 48.7 Å². The number of hydrogen-bond donors (Lipinski definition) is 0. The van der Waals surface area contributed by atoms with Crippen molar-refractivity contribution in [2.75, 3.05) is 13.2 Å². The summed E-state index contributed by atoms with van der Waals surface area (Å²) in [6, 6.07) is 16.3. The average molecular weight is 256 g/mol. The highest BCUT2D eigenvalue weighted by atomic mass is 16.5. The van der Waals surface area contributed by atoms with Gasteiger partial charge in [-0.1, -0.05) is 31.2 Å². The van der Waals surface area contributed by atoms with Crippen molar-refractivity contribution < 1.29 is 9.47 Å². The molecule has 0 aliphatic heterocycles. The van der Waals surface area contributed by atoms with Gasteiger partial charge in [0.25, 0.3) is 0 Å². The van der Waals surface area contributed by atoms with Gasteiger partial charge in [-0.3, -0.25) is 0 Å². The van der Waals surface area contributed by atoms with Crippen LogP contribution >= 0.6 is 0 Å². The molecule has 19 heavy (non-hydrogen) atoms. The van der Waals surface area contributed by atoms with Gasteiger partial charge in [-0.25, -0.2) is 0 Å². The van der Waals surface area contributed by atoms with Gasteiger partial charge in [0, 0.05) is 0 Å². The maximum Gasteiger partial charge on any atom is 0.119 e. The summed E-state index contributed by atoms with van der Waals surface area (Å²) in [5.74, 6) is 1.83. The van der Waals surface area contributed by atoms with E-state index in [1.807, 2.05) is 31.2 Å². The van der Waals surface area contributed by atoms with Crippen LogP contribution in [0.2, 0.25) is 0 Å². The maximum absolute atomic E-state index is 5.58. The SMILES string of the molecule is CCCOc1ccc(-c2cccc(OCC)c2)cc1. The van der Waals surface area contributed by atoms with Crippen molar-refractivity contribution in [2.45, 2.75) is 20.3 Å². The summed E-state index contributed by atoms with van der Waals surface area (Å²) in [4.78, 5) is 0. The third kappa shape index (κ3) is 3.75. The van der Waals surface area contributed by atoms with Crippen LogP contribution in [-0.2, 0) is 0 Å². The summed E-state index contributed by atoms with van der Waals surface area (Å²) in [5.41, 5.74) is 2.33. The van der Waals surface area contributed by atoms with Gasteiger partial charge in [0.05, 0.1) is 13.2 Å². The third-order valence-corrected chi connectivity index (χ3v) is 2.81. The first kappa shape index (κ1) is 13.5. The molecule has 100 valence electrons. The molecule has 0 spiro atoms. The summed E-state index contributed by atoms with van der Waals surface area (Å²) in [6.07, 6.45) is 1.03. The Balaban J connectivity index is 2.14. The molecule has 0 heterocycles. The van der Waals surface area contributed by atoms with E-state index in [4.69, 9.17) is 9.47 Å². The van der Waals surface area contributed by atoms with Gasteiger partial charge < -0.3 is 9.47 Å². The molecule has 0 aliphatic rings. The normalized spacial score (nSPS) is 10.2. The van der Waals surface area contributed by atoms with Crippen LogP contribution in [0.4, 0.5) is 0 Å². The highest BCUT2D eigenvalue weighted by molar-refractivity contribution is 5.65. The molecule has 0 bridgehead atoms. The second-order valence-electron chi connectivity index (χ2n) is 4.33. The Bertz CT molecular complexity index is 503. The standard InChI is InChI=1S/C17H20O2/c1-3-12-19-16-10-8-14(9-11-16)15-6-5-7-17(13-15)18-4-2/h5-11,13H,3-4,12H2,1-2H3. The van der Waals surface area contributed by atoms with Crippen LogP contribution in [0.25, 0.3) is 11.1 Å². The van der Waals surface area contributed by atoms with E-state index in [1.165, 1.54) is 5.56 Å². The van der Waals surface area contributed by atoms with Crippen LogP contribution < -0.4 is 9.47 Å². The fourth-order valence-electron chi connectivity index (χ4n) is 1.90. The van der Waals surface area contributed by atoms with Crippen molar-refractivity contribution in [3.63, 3.8) is 0 Å². The lowest BCUT2D eigenvalue weighted by molar-refractivity contribution is 0.317. The van der Waals surface area contributed by atoms with Crippen LogP contribution in [0.15, 0.2) is 48.5 Å². The molecule has 0 amide bonds. The fraction of sp³-hybridized carbons (Fsp3) is 0.294. The molecular weight excluding hydrogens is 236 g/mol. The second-order valence-corrected chi connectivity index (χ2v) is 4.33. The van der Waals surface area contributed by atoms with Crippen LogP contribution in [0.5, 0.6) is 11.5 Å². The predicted octanol–water partition coefficient (Wildman–Crippen LogP) is 4.54. The summed E-state index contributed by atoms with van der Waals surface area (Å²) < 4.78 is 11.1.